The number of aromatic nitrogens is 2. The lowest BCUT2D eigenvalue weighted by atomic mass is 10.1. The number of aliphatic hydroxyl groups excluding tert-OH is 1. The van der Waals surface area contributed by atoms with Crippen molar-refractivity contribution in [2.75, 3.05) is 11.9 Å². The van der Waals surface area contributed by atoms with E-state index < -0.39 is 47.1 Å². The molecule has 174 valence electrons. The van der Waals surface area contributed by atoms with Gasteiger partial charge in [-0.15, -0.1) is 0 Å². The van der Waals surface area contributed by atoms with Crippen molar-refractivity contribution in [3.8, 4) is 11.4 Å². The van der Waals surface area contributed by atoms with Crippen LogP contribution in [-0.2, 0) is 23.9 Å². The van der Waals surface area contributed by atoms with Crippen molar-refractivity contribution in [2.24, 2.45) is 0 Å². The number of anilines is 1. The molecule has 3 rings (SSSR count). The Labute approximate surface area is 184 Å². The third-order valence-corrected chi connectivity index (χ3v) is 4.81. The standard InChI is InChI=1S/C22H18F5N3O3/c1-12-16(8-9-31)21(33)30(11-19(32)29-18-10-15(23)6-7-17(18)24)20(28-12)13-2-4-14(5-3-13)22(25,26)27/h2-7,10,31H,8-9,11H2,1H3,(H,29,32). The third kappa shape index (κ3) is 5.43. The van der Waals surface area contributed by atoms with Crippen LogP contribution in [-0.4, -0.2) is 27.2 Å². The minimum absolute atomic E-state index is 0.0644. The van der Waals surface area contributed by atoms with Gasteiger partial charge in [0.1, 0.15) is 24.0 Å². The number of nitrogens with one attached hydrogen (secondary N) is 1. The summed E-state index contributed by atoms with van der Waals surface area (Å²) in [5.41, 5.74) is -1.58. The number of amides is 1. The fraction of sp³-hybridized carbons (Fsp3) is 0.227. The highest BCUT2D eigenvalue weighted by atomic mass is 19.4. The van der Waals surface area contributed by atoms with E-state index in [0.717, 1.165) is 47.0 Å². The number of alkyl halides is 3. The lowest BCUT2D eigenvalue weighted by molar-refractivity contribution is -0.137. The predicted molar refractivity (Wildman–Crippen MR) is 109 cm³/mol. The number of aliphatic hydroxyl groups is 1. The van der Waals surface area contributed by atoms with Crippen molar-refractivity contribution in [2.45, 2.75) is 26.1 Å². The number of rotatable bonds is 6. The fourth-order valence-electron chi connectivity index (χ4n) is 3.20. The van der Waals surface area contributed by atoms with Gasteiger partial charge in [0.05, 0.1) is 11.3 Å². The Kier molecular flexibility index (Phi) is 6.92. The van der Waals surface area contributed by atoms with Crippen LogP contribution < -0.4 is 10.9 Å². The first kappa shape index (κ1) is 24.1. The number of carbonyl (C=O) groups excluding carboxylic acids is 1. The molecule has 2 aromatic carbocycles. The quantitative estimate of drug-likeness (QED) is 0.542. The Morgan fingerprint density at radius 2 is 1.79 bits per heavy atom. The average Bonchev–Trinajstić information content (AvgIpc) is 2.75. The van der Waals surface area contributed by atoms with Crippen LogP contribution in [0, 0.1) is 18.6 Å². The second kappa shape index (κ2) is 9.49. The number of aryl methyl sites for hydroxylation is 1. The Bertz CT molecular complexity index is 1240. The summed E-state index contributed by atoms with van der Waals surface area (Å²) in [6, 6.07) is 6.28. The predicted octanol–water partition coefficient (Wildman–Crippen LogP) is 3.69. The molecule has 0 spiro atoms. The van der Waals surface area contributed by atoms with Crippen molar-refractivity contribution in [1.29, 1.82) is 0 Å². The molecule has 0 saturated carbocycles. The second-order valence-corrected chi connectivity index (χ2v) is 7.11. The van der Waals surface area contributed by atoms with Crippen molar-refractivity contribution >= 4 is 11.6 Å². The SMILES string of the molecule is Cc1nc(-c2ccc(C(F)(F)F)cc2)n(CC(=O)Nc2cc(F)ccc2F)c(=O)c1CCO. The molecular formula is C22H18F5N3O3. The number of benzene rings is 2. The van der Waals surface area contributed by atoms with Crippen LogP contribution in [0.5, 0.6) is 0 Å². The summed E-state index contributed by atoms with van der Waals surface area (Å²) < 4.78 is 66.9. The molecule has 0 aliphatic heterocycles. The average molecular weight is 467 g/mol. The zero-order chi connectivity index (χ0) is 24.3. The summed E-state index contributed by atoms with van der Waals surface area (Å²) >= 11 is 0. The maximum Gasteiger partial charge on any atom is 0.416 e. The summed E-state index contributed by atoms with van der Waals surface area (Å²) in [4.78, 5) is 29.8. The number of nitrogens with zero attached hydrogens (tertiary/aromatic N) is 2. The van der Waals surface area contributed by atoms with Gasteiger partial charge >= 0.3 is 6.18 Å². The molecule has 2 N–H and O–H groups in total. The van der Waals surface area contributed by atoms with Crippen LogP contribution in [0.2, 0.25) is 0 Å². The minimum Gasteiger partial charge on any atom is -0.396 e. The highest BCUT2D eigenvalue weighted by Crippen LogP contribution is 2.30. The van der Waals surface area contributed by atoms with Gasteiger partial charge in [0, 0.05) is 35.9 Å². The van der Waals surface area contributed by atoms with E-state index in [1.807, 2.05) is 0 Å². The lowest BCUT2D eigenvalue weighted by Crippen LogP contribution is -2.33. The molecule has 1 heterocycles. The molecule has 0 aliphatic rings. The summed E-state index contributed by atoms with van der Waals surface area (Å²) in [6.07, 6.45) is -4.63. The van der Waals surface area contributed by atoms with Crippen molar-refractivity contribution in [3.05, 3.63) is 81.3 Å². The monoisotopic (exact) mass is 467 g/mol. The smallest absolute Gasteiger partial charge is 0.396 e. The molecule has 1 amide bonds. The highest BCUT2D eigenvalue weighted by molar-refractivity contribution is 5.91. The molecule has 0 saturated heterocycles. The van der Waals surface area contributed by atoms with Crippen LogP contribution in [0.3, 0.4) is 0 Å². The lowest BCUT2D eigenvalue weighted by Gasteiger charge is -2.16. The van der Waals surface area contributed by atoms with Gasteiger partial charge in [-0.05, 0) is 31.2 Å². The van der Waals surface area contributed by atoms with Gasteiger partial charge in [-0.25, -0.2) is 13.8 Å². The van der Waals surface area contributed by atoms with Crippen LogP contribution in [0.25, 0.3) is 11.4 Å². The van der Waals surface area contributed by atoms with Gasteiger partial charge in [-0.3, -0.25) is 14.2 Å². The van der Waals surface area contributed by atoms with Gasteiger partial charge in [-0.2, -0.15) is 13.2 Å². The van der Waals surface area contributed by atoms with E-state index in [9.17, 15) is 36.6 Å². The molecule has 33 heavy (non-hydrogen) atoms. The summed E-state index contributed by atoms with van der Waals surface area (Å²) in [6.45, 7) is 0.432. The highest BCUT2D eigenvalue weighted by Gasteiger charge is 2.30. The Hall–Kier alpha value is -3.60. The molecule has 0 aliphatic carbocycles. The van der Waals surface area contributed by atoms with Crippen molar-refractivity contribution < 1.29 is 31.9 Å². The number of hydrogen-bond donors (Lipinski definition) is 2. The molecule has 6 nitrogen and oxygen atoms in total. The molecule has 0 atom stereocenters. The topological polar surface area (TPSA) is 84.2 Å². The van der Waals surface area contributed by atoms with Gasteiger partial charge in [0.2, 0.25) is 5.91 Å². The van der Waals surface area contributed by atoms with Crippen molar-refractivity contribution in [3.63, 3.8) is 0 Å². The van der Waals surface area contributed by atoms with Crippen LogP contribution in [0.15, 0.2) is 47.3 Å². The third-order valence-electron chi connectivity index (χ3n) is 4.81. The molecule has 0 fully saturated rings. The first-order valence-electron chi connectivity index (χ1n) is 9.65. The molecule has 11 heteroatoms. The van der Waals surface area contributed by atoms with Gasteiger partial charge < -0.3 is 10.4 Å². The van der Waals surface area contributed by atoms with Gasteiger partial charge in [-0.1, -0.05) is 12.1 Å². The molecule has 1 aromatic heterocycles. The van der Waals surface area contributed by atoms with E-state index in [-0.39, 0.29) is 35.7 Å². The zero-order valence-electron chi connectivity index (χ0n) is 17.2. The maximum absolute atomic E-state index is 13.9. The van der Waals surface area contributed by atoms with Gasteiger partial charge in [0.25, 0.3) is 5.56 Å². The molecule has 0 radical (unpaired) electrons. The first-order chi connectivity index (χ1) is 15.5. The summed E-state index contributed by atoms with van der Waals surface area (Å²) in [7, 11) is 0. The van der Waals surface area contributed by atoms with E-state index in [0.29, 0.717) is 0 Å². The van der Waals surface area contributed by atoms with Crippen molar-refractivity contribution in [1.82, 2.24) is 9.55 Å². The molecule has 0 bridgehead atoms. The molecule has 0 unspecified atom stereocenters. The zero-order valence-corrected chi connectivity index (χ0v) is 17.2. The van der Waals surface area contributed by atoms with E-state index in [2.05, 4.69) is 10.3 Å². The Balaban J connectivity index is 2.04. The van der Waals surface area contributed by atoms with E-state index in [1.54, 1.807) is 0 Å². The molecular weight excluding hydrogens is 449 g/mol. The summed E-state index contributed by atoms with van der Waals surface area (Å²) in [5, 5.41) is 11.4. The normalized spacial score (nSPS) is 11.5. The minimum atomic E-state index is -4.57. The van der Waals surface area contributed by atoms with Crippen LogP contribution in [0.1, 0.15) is 16.8 Å². The second-order valence-electron chi connectivity index (χ2n) is 7.11. The number of hydrogen-bond acceptors (Lipinski definition) is 4. The Morgan fingerprint density at radius 3 is 2.39 bits per heavy atom. The summed E-state index contributed by atoms with van der Waals surface area (Å²) in [5.74, 6) is -2.68. The Morgan fingerprint density at radius 1 is 1.12 bits per heavy atom. The number of halogens is 5. The van der Waals surface area contributed by atoms with Crippen LogP contribution >= 0.6 is 0 Å². The van der Waals surface area contributed by atoms with Gasteiger partial charge in [0.15, 0.2) is 0 Å². The number of carbonyl (C=O) groups is 1. The van der Waals surface area contributed by atoms with E-state index in [4.69, 9.17) is 0 Å². The maximum atomic E-state index is 13.9. The molecule has 3 aromatic rings. The van der Waals surface area contributed by atoms with Crippen LogP contribution in [0.4, 0.5) is 27.6 Å². The van der Waals surface area contributed by atoms with E-state index >= 15 is 0 Å². The van der Waals surface area contributed by atoms with E-state index in [1.165, 1.54) is 6.92 Å². The largest absolute Gasteiger partial charge is 0.416 e. The first-order valence-corrected chi connectivity index (χ1v) is 9.65. The fourth-order valence-corrected chi connectivity index (χ4v) is 3.20.